The normalized spacial score (nSPS) is 14.8. The van der Waals surface area contributed by atoms with E-state index in [0.717, 1.165) is 48.8 Å². The molecule has 1 aliphatic rings. The van der Waals surface area contributed by atoms with Crippen LogP contribution in [0.15, 0.2) is 30.9 Å². The molecular formula is C16H14ClN7. The molecule has 0 unspecified atom stereocenters. The first kappa shape index (κ1) is 14.7. The molecule has 8 heteroatoms. The van der Waals surface area contributed by atoms with Crippen molar-refractivity contribution in [1.29, 1.82) is 5.26 Å². The first-order chi connectivity index (χ1) is 11.8. The van der Waals surface area contributed by atoms with Gasteiger partial charge in [-0.25, -0.2) is 15.0 Å². The molecule has 1 N–H and O–H groups in total. The zero-order chi connectivity index (χ0) is 16.5. The van der Waals surface area contributed by atoms with Crippen molar-refractivity contribution in [2.75, 3.05) is 36.0 Å². The molecular weight excluding hydrogens is 326 g/mol. The van der Waals surface area contributed by atoms with E-state index in [1.165, 1.54) is 0 Å². The molecule has 0 atom stereocenters. The van der Waals surface area contributed by atoms with Gasteiger partial charge in [-0.3, -0.25) is 0 Å². The quantitative estimate of drug-likeness (QED) is 0.770. The number of aromatic amines is 1. The Morgan fingerprint density at radius 2 is 1.83 bits per heavy atom. The summed E-state index contributed by atoms with van der Waals surface area (Å²) in [7, 11) is 0. The number of anilines is 2. The van der Waals surface area contributed by atoms with Crippen molar-refractivity contribution in [1.82, 2.24) is 19.9 Å². The minimum absolute atomic E-state index is 0.470. The summed E-state index contributed by atoms with van der Waals surface area (Å²) in [6.45, 7) is 3.18. The van der Waals surface area contributed by atoms with Crippen molar-refractivity contribution >= 4 is 34.3 Å². The summed E-state index contributed by atoms with van der Waals surface area (Å²) in [5.74, 6) is 1.64. The fourth-order valence-electron chi connectivity index (χ4n) is 2.95. The second-order valence-corrected chi connectivity index (χ2v) is 5.96. The van der Waals surface area contributed by atoms with Crippen LogP contribution >= 0.6 is 11.6 Å². The molecule has 0 aliphatic carbocycles. The van der Waals surface area contributed by atoms with E-state index in [1.807, 2.05) is 18.3 Å². The van der Waals surface area contributed by atoms with Gasteiger partial charge in [0.25, 0.3) is 0 Å². The summed E-state index contributed by atoms with van der Waals surface area (Å²) < 4.78 is 0. The Morgan fingerprint density at radius 3 is 2.54 bits per heavy atom. The average Bonchev–Trinajstić information content (AvgIpc) is 3.10. The topological polar surface area (TPSA) is 84.7 Å². The van der Waals surface area contributed by atoms with Gasteiger partial charge in [-0.2, -0.15) is 5.26 Å². The average molecular weight is 340 g/mol. The van der Waals surface area contributed by atoms with Gasteiger partial charge in [-0.15, -0.1) is 0 Å². The highest BCUT2D eigenvalue weighted by Crippen LogP contribution is 2.27. The van der Waals surface area contributed by atoms with Gasteiger partial charge in [-0.05, 0) is 12.1 Å². The predicted molar refractivity (Wildman–Crippen MR) is 92.3 cm³/mol. The molecule has 0 aromatic carbocycles. The van der Waals surface area contributed by atoms with E-state index in [2.05, 4.69) is 29.7 Å². The second-order valence-electron chi connectivity index (χ2n) is 5.55. The third kappa shape index (κ3) is 2.51. The number of halogens is 1. The van der Waals surface area contributed by atoms with E-state index < -0.39 is 0 Å². The SMILES string of the molecule is N#Cc1cnc(N2CCN(c3ncnc4cc[nH]c34)CC2)c(Cl)c1. The van der Waals surface area contributed by atoms with Crippen LogP contribution in [-0.2, 0) is 0 Å². The van der Waals surface area contributed by atoms with E-state index in [1.54, 1.807) is 18.6 Å². The molecule has 0 saturated carbocycles. The number of hydrogen-bond donors (Lipinski definition) is 1. The van der Waals surface area contributed by atoms with Gasteiger partial charge in [-0.1, -0.05) is 11.6 Å². The van der Waals surface area contributed by atoms with E-state index in [0.29, 0.717) is 10.6 Å². The second kappa shape index (κ2) is 5.98. The van der Waals surface area contributed by atoms with Crippen molar-refractivity contribution in [3.63, 3.8) is 0 Å². The zero-order valence-electron chi connectivity index (χ0n) is 12.8. The van der Waals surface area contributed by atoms with Crippen molar-refractivity contribution in [2.24, 2.45) is 0 Å². The number of nitriles is 1. The highest BCUT2D eigenvalue weighted by atomic mass is 35.5. The van der Waals surface area contributed by atoms with Gasteiger partial charge in [0.15, 0.2) is 5.82 Å². The van der Waals surface area contributed by atoms with Crippen LogP contribution in [0.3, 0.4) is 0 Å². The van der Waals surface area contributed by atoms with E-state index in [4.69, 9.17) is 16.9 Å². The Hall–Kier alpha value is -2.85. The van der Waals surface area contributed by atoms with E-state index >= 15 is 0 Å². The number of pyridine rings is 1. The number of nitrogens with one attached hydrogen (secondary N) is 1. The summed E-state index contributed by atoms with van der Waals surface area (Å²) >= 11 is 6.26. The minimum atomic E-state index is 0.470. The molecule has 120 valence electrons. The van der Waals surface area contributed by atoms with E-state index in [-0.39, 0.29) is 0 Å². The fraction of sp³-hybridized carbons (Fsp3) is 0.250. The number of nitrogens with zero attached hydrogens (tertiary/aromatic N) is 6. The molecule has 1 aliphatic heterocycles. The first-order valence-corrected chi connectivity index (χ1v) is 7.97. The van der Waals surface area contributed by atoms with Crippen LogP contribution in [0.25, 0.3) is 11.0 Å². The van der Waals surface area contributed by atoms with Gasteiger partial charge < -0.3 is 14.8 Å². The van der Waals surface area contributed by atoms with Crippen LogP contribution < -0.4 is 9.80 Å². The van der Waals surface area contributed by atoms with Crippen LogP contribution in [0.5, 0.6) is 0 Å². The molecule has 1 saturated heterocycles. The van der Waals surface area contributed by atoms with Crippen LogP contribution in [-0.4, -0.2) is 46.1 Å². The molecule has 3 aromatic heterocycles. The van der Waals surface area contributed by atoms with Crippen molar-refractivity contribution in [2.45, 2.75) is 0 Å². The summed E-state index contributed by atoms with van der Waals surface area (Å²) in [6, 6.07) is 5.65. The zero-order valence-corrected chi connectivity index (χ0v) is 13.5. The third-order valence-electron chi connectivity index (χ3n) is 4.16. The van der Waals surface area contributed by atoms with Crippen LogP contribution in [0.2, 0.25) is 5.02 Å². The predicted octanol–water partition coefficient (Wildman–Crippen LogP) is 2.20. The van der Waals surface area contributed by atoms with E-state index in [9.17, 15) is 0 Å². The lowest BCUT2D eigenvalue weighted by Gasteiger charge is -2.36. The number of aromatic nitrogens is 4. The lowest BCUT2D eigenvalue weighted by atomic mass is 10.2. The van der Waals surface area contributed by atoms with Gasteiger partial charge in [0.2, 0.25) is 0 Å². The highest BCUT2D eigenvalue weighted by molar-refractivity contribution is 6.33. The van der Waals surface area contributed by atoms with Crippen molar-refractivity contribution < 1.29 is 0 Å². The molecule has 0 amide bonds. The van der Waals surface area contributed by atoms with Crippen molar-refractivity contribution in [3.05, 3.63) is 41.4 Å². The summed E-state index contributed by atoms with van der Waals surface area (Å²) in [5, 5.41) is 9.42. The molecule has 0 radical (unpaired) electrons. The van der Waals surface area contributed by atoms with Gasteiger partial charge in [0, 0.05) is 38.6 Å². The Morgan fingerprint density at radius 1 is 1.08 bits per heavy atom. The monoisotopic (exact) mass is 339 g/mol. The highest BCUT2D eigenvalue weighted by Gasteiger charge is 2.22. The number of H-pyrrole nitrogens is 1. The maximum atomic E-state index is 8.91. The largest absolute Gasteiger partial charge is 0.357 e. The lowest BCUT2D eigenvalue weighted by Crippen LogP contribution is -2.47. The van der Waals surface area contributed by atoms with Crippen molar-refractivity contribution in [3.8, 4) is 6.07 Å². The third-order valence-corrected chi connectivity index (χ3v) is 4.43. The molecule has 0 bridgehead atoms. The molecule has 4 rings (SSSR count). The maximum Gasteiger partial charge on any atom is 0.156 e. The Balaban J connectivity index is 1.53. The molecule has 0 spiro atoms. The smallest absolute Gasteiger partial charge is 0.156 e. The first-order valence-electron chi connectivity index (χ1n) is 7.60. The Labute approximate surface area is 143 Å². The summed E-state index contributed by atoms with van der Waals surface area (Å²) in [6.07, 6.45) is 5.02. The number of rotatable bonds is 2. The number of piperazine rings is 1. The number of fused-ring (bicyclic) bond motifs is 1. The van der Waals surface area contributed by atoms with Gasteiger partial charge in [0.05, 0.1) is 16.1 Å². The molecule has 7 nitrogen and oxygen atoms in total. The number of hydrogen-bond acceptors (Lipinski definition) is 6. The van der Waals surface area contributed by atoms with Crippen LogP contribution in [0.4, 0.5) is 11.6 Å². The summed E-state index contributed by atoms with van der Waals surface area (Å²) in [5.41, 5.74) is 2.34. The maximum absolute atomic E-state index is 8.91. The molecule has 4 heterocycles. The molecule has 24 heavy (non-hydrogen) atoms. The molecule has 3 aromatic rings. The Kier molecular flexibility index (Phi) is 3.67. The molecule has 1 fully saturated rings. The minimum Gasteiger partial charge on any atom is -0.357 e. The van der Waals surface area contributed by atoms with Gasteiger partial charge >= 0.3 is 0 Å². The van der Waals surface area contributed by atoms with Gasteiger partial charge in [0.1, 0.15) is 23.7 Å². The Bertz CT molecular complexity index is 922. The van der Waals surface area contributed by atoms with Crippen LogP contribution in [0.1, 0.15) is 5.56 Å². The van der Waals surface area contributed by atoms with Crippen LogP contribution in [0, 0.1) is 11.3 Å². The fourth-order valence-corrected chi connectivity index (χ4v) is 3.24. The summed E-state index contributed by atoms with van der Waals surface area (Å²) in [4.78, 5) is 20.6. The standard InChI is InChI=1S/C16H14ClN7/c17-12-7-11(8-18)9-20-15(12)23-3-5-24(6-4-23)16-14-13(1-2-19-14)21-10-22-16/h1-2,7,9-10,19H,3-6H2. The lowest BCUT2D eigenvalue weighted by molar-refractivity contribution is 0.643.